The molecular weight excluding hydrogens is 187 g/mol. The van der Waals surface area contributed by atoms with Crippen molar-refractivity contribution in [2.75, 3.05) is 6.16 Å². The second-order valence-corrected chi connectivity index (χ2v) is 3.01. The Hall–Kier alpha value is -1.21. The summed E-state index contributed by atoms with van der Waals surface area (Å²) in [4.78, 5) is 10.8. The topological polar surface area (TPSA) is 43.4 Å². The predicted octanol–water partition coefficient (Wildman–Crippen LogP) is 2.02. The Balaban J connectivity index is 2.35. The maximum atomic E-state index is 10.8. The molecule has 0 amide bonds. The van der Waals surface area contributed by atoms with Crippen molar-refractivity contribution in [3.8, 4) is 0 Å². The molecule has 1 aromatic rings. The maximum absolute atomic E-state index is 10.8. The minimum atomic E-state index is -0.444. The number of rotatable bonds is 4. The van der Waals surface area contributed by atoms with Crippen LogP contribution < -0.4 is 0 Å². The van der Waals surface area contributed by atoms with Crippen LogP contribution in [0.25, 0.3) is 0 Å². The van der Waals surface area contributed by atoms with Gasteiger partial charge in [0.25, 0.3) is 0 Å². The number of hydrogen-bond donors (Lipinski definition) is 0. The molecule has 13 heavy (non-hydrogen) atoms. The quantitative estimate of drug-likeness (QED) is 0.546. The average molecular weight is 196 g/mol. The molecule has 0 N–H and O–H groups in total. The Kier molecular flexibility index (Phi) is 4.13. The fourth-order valence-electron chi connectivity index (χ4n) is 0.836. The van der Waals surface area contributed by atoms with Gasteiger partial charge in [0.15, 0.2) is 8.46 Å². The number of hydrogen-bond acceptors (Lipinski definition) is 3. The highest BCUT2D eigenvalue weighted by molar-refractivity contribution is 7.25. The summed E-state index contributed by atoms with van der Waals surface area (Å²) in [5, 5.41) is 0. The summed E-state index contributed by atoms with van der Waals surface area (Å²) in [6, 6.07) is 9.36. The van der Waals surface area contributed by atoms with Crippen molar-refractivity contribution in [2.24, 2.45) is 0 Å². The van der Waals surface area contributed by atoms with Gasteiger partial charge in [-0.05, 0) is 5.56 Å². The van der Waals surface area contributed by atoms with Crippen molar-refractivity contribution in [3.63, 3.8) is 0 Å². The minimum absolute atomic E-state index is 0.0766. The van der Waals surface area contributed by atoms with Gasteiger partial charge in [-0.25, -0.2) is 0 Å². The molecule has 0 atom stereocenters. The van der Waals surface area contributed by atoms with Crippen LogP contribution in [0.15, 0.2) is 30.3 Å². The van der Waals surface area contributed by atoms with Crippen molar-refractivity contribution in [2.45, 2.75) is 6.61 Å². The first kappa shape index (κ1) is 9.87. The zero-order chi connectivity index (χ0) is 9.52. The number of carbonyl (C=O) groups is 1. The molecule has 0 spiro atoms. The molecule has 0 saturated heterocycles. The van der Waals surface area contributed by atoms with E-state index in [1.54, 1.807) is 0 Å². The van der Waals surface area contributed by atoms with E-state index in [1.807, 2.05) is 30.3 Å². The van der Waals surface area contributed by atoms with Gasteiger partial charge in [0, 0.05) is 0 Å². The van der Waals surface area contributed by atoms with Crippen LogP contribution in [0.3, 0.4) is 0 Å². The molecule has 1 rings (SSSR count). The van der Waals surface area contributed by atoms with Gasteiger partial charge >= 0.3 is 5.97 Å². The highest BCUT2D eigenvalue weighted by Gasteiger charge is 2.01. The summed E-state index contributed by atoms with van der Waals surface area (Å²) in [7, 11) is -0.199. The first-order chi connectivity index (χ1) is 6.33. The normalized spacial score (nSPS) is 9.85. The molecule has 0 saturated carbocycles. The summed E-state index contributed by atoms with van der Waals surface area (Å²) >= 11 is 0. The third-order valence-electron chi connectivity index (χ3n) is 1.44. The molecule has 0 aliphatic heterocycles. The predicted molar refractivity (Wildman–Crippen MR) is 48.7 cm³/mol. The summed E-state index contributed by atoms with van der Waals surface area (Å²) < 4.78 is 14.8. The first-order valence-corrected chi connectivity index (χ1v) is 4.81. The standard InChI is InChI=1S/C9H9O3P/c10-9(7-13-11)12-6-8-4-2-1-3-5-8/h1-5H,6-7H2. The van der Waals surface area contributed by atoms with Crippen LogP contribution >= 0.6 is 8.46 Å². The molecule has 0 unspecified atom stereocenters. The molecule has 0 aliphatic rings. The van der Waals surface area contributed by atoms with Gasteiger partial charge in [0.2, 0.25) is 0 Å². The van der Waals surface area contributed by atoms with Crippen LogP contribution in [0, 0.1) is 0 Å². The Morgan fingerprint density at radius 2 is 2.00 bits per heavy atom. The third-order valence-corrected chi connectivity index (χ3v) is 1.82. The molecule has 0 fully saturated rings. The van der Waals surface area contributed by atoms with E-state index >= 15 is 0 Å². The molecule has 0 aromatic heterocycles. The molecule has 1 aromatic carbocycles. The fraction of sp³-hybridized carbons (Fsp3) is 0.222. The van der Waals surface area contributed by atoms with E-state index in [-0.39, 0.29) is 21.2 Å². The second-order valence-electron chi connectivity index (χ2n) is 2.43. The Morgan fingerprint density at radius 3 is 2.62 bits per heavy atom. The number of ether oxygens (including phenoxy) is 1. The second kappa shape index (κ2) is 5.44. The van der Waals surface area contributed by atoms with E-state index in [2.05, 4.69) is 0 Å². The van der Waals surface area contributed by atoms with E-state index in [1.165, 1.54) is 0 Å². The highest BCUT2D eigenvalue weighted by Crippen LogP contribution is 2.02. The van der Waals surface area contributed by atoms with Gasteiger partial charge in [-0.15, -0.1) is 0 Å². The Labute approximate surface area is 77.9 Å². The van der Waals surface area contributed by atoms with E-state index in [0.717, 1.165) is 5.56 Å². The van der Waals surface area contributed by atoms with Gasteiger partial charge in [0.05, 0.1) is 0 Å². The van der Waals surface area contributed by atoms with Crippen LogP contribution in [-0.4, -0.2) is 12.1 Å². The lowest BCUT2D eigenvalue weighted by Crippen LogP contribution is -2.05. The Morgan fingerprint density at radius 1 is 1.31 bits per heavy atom. The molecule has 4 heteroatoms. The van der Waals surface area contributed by atoms with E-state index in [0.29, 0.717) is 0 Å². The molecule has 68 valence electrons. The van der Waals surface area contributed by atoms with Crippen molar-refractivity contribution in [1.82, 2.24) is 0 Å². The Bertz CT molecular complexity index is 284. The fourth-order valence-corrected chi connectivity index (χ4v) is 1.03. The van der Waals surface area contributed by atoms with Crippen LogP contribution in [0.1, 0.15) is 5.56 Å². The van der Waals surface area contributed by atoms with Crippen molar-refractivity contribution < 1.29 is 14.1 Å². The van der Waals surface area contributed by atoms with Gasteiger partial charge < -0.3 is 4.74 Å². The smallest absolute Gasteiger partial charge is 0.317 e. The van der Waals surface area contributed by atoms with E-state index < -0.39 is 5.97 Å². The van der Waals surface area contributed by atoms with Gasteiger partial charge in [-0.3, -0.25) is 9.36 Å². The van der Waals surface area contributed by atoms with E-state index in [9.17, 15) is 9.36 Å². The summed E-state index contributed by atoms with van der Waals surface area (Å²) in [5.74, 6) is -0.444. The van der Waals surface area contributed by atoms with Gasteiger partial charge in [-0.2, -0.15) is 0 Å². The molecule has 0 aliphatic carbocycles. The monoisotopic (exact) mass is 196 g/mol. The zero-order valence-electron chi connectivity index (χ0n) is 6.97. The summed E-state index contributed by atoms with van der Waals surface area (Å²) in [6.07, 6.45) is -0.0766. The van der Waals surface area contributed by atoms with Crippen molar-refractivity contribution in [1.29, 1.82) is 0 Å². The lowest BCUT2D eigenvalue weighted by molar-refractivity contribution is -0.141. The molecule has 0 heterocycles. The zero-order valence-corrected chi connectivity index (χ0v) is 7.87. The molecule has 0 radical (unpaired) electrons. The van der Waals surface area contributed by atoms with Crippen LogP contribution in [0.5, 0.6) is 0 Å². The van der Waals surface area contributed by atoms with E-state index in [4.69, 9.17) is 4.74 Å². The summed E-state index contributed by atoms with van der Waals surface area (Å²) in [5.41, 5.74) is 0.929. The minimum Gasteiger partial charge on any atom is -0.460 e. The van der Waals surface area contributed by atoms with Crippen LogP contribution in [0.4, 0.5) is 0 Å². The molecule has 0 bridgehead atoms. The number of esters is 1. The van der Waals surface area contributed by atoms with Gasteiger partial charge in [0.1, 0.15) is 12.8 Å². The summed E-state index contributed by atoms with van der Waals surface area (Å²) in [6.45, 7) is 0.245. The SMILES string of the molecule is O=PCC(=O)OCc1ccccc1. The number of carbonyl (C=O) groups excluding carboxylic acids is 1. The number of benzene rings is 1. The molecular formula is C9H9O3P. The largest absolute Gasteiger partial charge is 0.460 e. The van der Waals surface area contributed by atoms with Crippen LogP contribution in [0.2, 0.25) is 0 Å². The van der Waals surface area contributed by atoms with Crippen LogP contribution in [-0.2, 0) is 20.7 Å². The van der Waals surface area contributed by atoms with Crippen molar-refractivity contribution >= 4 is 14.4 Å². The highest BCUT2D eigenvalue weighted by atomic mass is 31.1. The molecule has 3 nitrogen and oxygen atoms in total. The lowest BCUT2D eigenvalue weighted by atomic mass is 10.2. The van der Waals surface area contributed by atoms with Crippen molar-refractivity contribution in [3.05, 3.63) is 35.9 Å². The first-order valence-electron chi connectivity index (χ1n) is 3.81. The average Bonchev–Trinajstić information content (AvgIpc) is 2.17. The lowest BCUT2D eigenvalue weighted by Gasteiger charge is -2.01. The van der Waals surface area contributed by atoms with Gasteiger partial charge in [-0.1, -0.05) is 30.3 Å². The maximum Gasteiger partial charge on any atom is 0.317 e. The third kappa shape index (κ3) is 3.81.